The van der Waals surface area contributed by atoms with E-state index >= 15 is 0 Å². The fraction of sp³-hybridized carbons (Fsp3) is 0.500. The second-order valence-electron chi connectivity index (χ2n) is 6.45. The van der Waals surface area contributed by atoms with Crippen LogP contribution in [0.25, 0.3) is 10.9 Å². The molecule has 1 aromatic carbocycles. The first kappa shape index (κ1) is 16.0. The fourth-order valence-corrected chi connectivity index (χ4v) is 2.69. The van der Waals surface area contributed by atoms with E-state index in [4.69, 9.17) is 4.74 Å². The van der Waals surface area contributed by atoms with E-state index in [0.717, 1.165) is 22.2 Å². The summed E-state index contributed by atoms with van der Waals surface area (Å²) in [6, 6.07) is 5.68. The molecule has 23 heavy (non-hydrogen) atoms. The Balaban J connectivity index is 1.58. The number of aliphatic hydroxyl groups excluding tert-OH is 1. The van der Waals surface area contributed by atoms with Crippen LogP contribution in [0.1, 0.15) is 34.5 Å². The van der Waals surface area contributed by atoms with Crippen molar-refractivity contribution in [1.82, 2.24) is 10.3 Å². The van der Waals surface area contributed by atoms with Crippen LogP contribution in [0.3, 0.4) is 0 Å². The number of amides is 1. The van der Waals surface area contributed by atoms with Gasteiger partial charge in [0.1, 0.15) is 0 Å². The number of aromatic amines is 1. The van der Waals surface area contributed by atoms with Crippen molar-refractivity contribution in [2.24, 2.45) is 5.92 Å². The van der Waals surface area contributed by atoms with Gasteiger partial charge in [0.2, 0.25) is 0 Å². The van der Waals surface area contributed by atoms with Crippen LogP contribution in [-0.4, -0.2) is 41.9 Å². The number of hydrogen-bond acceptors (Lipinski definition) is 3. The second kappa shape index (κ2) is 6.72. The van der Waals surface area contributed by atoms with Crippen molar-refractivity contribution >= 4 is 16.8 Å². The van der Waals surface area contributed by atoms with E-state index in [-0.39, 0.29) is 19.1 Å². The van der Waals surface area contributed by atoms with E-state index in [1.807, 2.05) is 26.0 Å². The summed E-state index contributed by atoms with van der Waals surface area (Å²) in [6.07, 6.45) is 1.78. The zero-order valence-electron chi connectivity index (χ0n) is 13.7. The molecule has 1 fully saturated rings. The van der Waals surface area contributed by atoms with Gasteiger partial charge in [-0.05, 0) is 44.2 Å². The number of ether oxygens (including phenoxy) is 1. The van der Waals surface area contributed by atoms with E-state index in [0.29, 0.717) is 18.1 Å². The van der Waals surface area contributed by atoms with Gasteiger partial charge in [0.15, 0.2) is 0 Å². The Kier molecular flexibility index (Phi) is 4.68. The number of nitrogens with one attached hydrogen (secondary N) is 2. The predicted molar refractivity (Wildman–Crippen MR) is 89.7 cm³/mol. The molecule has 0 saturated heterocycles. The van der Waals surface area contributed by atoms with Crippen LogP contribution in [0.2, 0.25) is 0 Å². The van der Waals surface area contributed by atoms with Gasteiger partial charge in [-0.25, -0.2) is 0 Å². The van der Waals surface area contributed by atoms with Crippen LogP contribution >= 0.6 is 0 Å². The predicted octanol–water partition coefficient (Wildman–Crippen LogP) is 2.30. The van der Waals surface area contributed by atoms with Crippen molar-refractivity contribution in [3.8, 4) is 0 Å². The molecule has 1 heterocycles. The van der Waals surface area contributed by atoms with E-state index in [1.54, 1.807) is 6.07 Å². The molecule has 2 aromatic rings. The number of benzene rings is 1. The number of H-pyrrole nitrogens is 1. The summed E-state index contributed by atoms with van der Waals surface area (Å²) in [6.45, 7) is 5.21. The smallest absolute Gasteiger partial charge is 0.253 e. The third-order valence-corrected chi connectivity index (χ3v) is 4.45. The van der Waals surface area contributed by atoms with Crippen molar-refractivity contribution in [2.45, 2.75) is 32.8 Å². The lowest BCUT2D eigenvalue weighted by atomic mass is 10.1. The molecule has 3 N–H and O–H groups in total. The molecular weight excluding hydrogens is 292 g/mol. The summed E-state index contributed by atoms with van der Waals surface area (Å²) < 4.78 is 5.44. The highest BCUT2D eigenvalue weighted by Crippen LogP contribution is 2.28. The van der Waals surface area contributed by atoms with Crippen LogP contribution in [0.4, 0.5) is 0 Å². The molecule has 5 heteroatoms. The molecule has 3 rings (SSSR count). The average molecular weight is 316 g/mol. The van der Waals surface area contributed by atoms with Crippen LogP contribution in [0.5, 0.6) is 0 Å². The van der Waals surface area contributed by atoms with Crippen molar-refractivity contribution in [3.63, 3.8) is 0 Å². The van der Waals surface area contributed by atoms with Crippen LogP contribution in [-0.2, 0) is 4.74 Å². The third kappa shape index (κ3) is 3.74. The van der Waals surface area contributed by atoms with Crippen LogP contribution in [0.15, 0.2) is 18.2 Å². The van der Waals surface area contributed by atoms with Crippen molar-refractivity contribution < 1.29 is 14.6 Å². The summed E-state index contributed by atoms with van der Waals surface area (Å²) in [5.41, 5.74) is 3.67. The zero-order valence-corrected chi connectivity index (χ0v) is 13.7. The number of rotatable bonds is 7. The Hall–Kier alpha value is -1.85. The Morgan fingerprint density at radius 2 is 2.22 bits per heavy atom. The van der Waals surface area contributed by atoms with Gasteiger partial charge in [-0.2, -0.15) is 0 Å². The molecule has 0 aliphatic heterocycles. The van der Waals surface area contributed by atoms with Crippen molar-refractivity contribution in [3.05, 3.63) is 35.0 Å². The number of fused-ring (bicyclic) bond motifs is 1. The standard InChI is InChI=1S/C18H24N2O3/c1-11-12(2)20-17-15(11)4-3-5-16(17)18(22)19-8-14(21)10-23-9-13-6-7-13/h3-5,13-14,20-21H,6-10H2,1-2H3,(H,19,22). The van der Waals surface area contributed by atoms with Crippen LogP contribution in [0, 0.1) is 19.8 Å². The zero-order chi connectivity index (χ0) is 16.4. The van der Waals surface area contributed by atoms with Gasteiger partial charge in [0.05, 0.1) is 23.8 Å². The molecule has 5 nitrogen and oxygen atoms in total. The van der Waals surface area contributed by atoms with Gasteiger partial charge in [-0.1, -0.05) is 12.1 Å². The summed E-state index contributed by atoms with van der Waals surface area (Å²) in [7, 11) is 0. The molecule has 1 atom stereocenters. The number of para-hydroxylation sites is 1. The van der Waals surface area contributed by atoms with Crippen molar-refractivity contribution in [1.29, 1.82) is 0 Å². The fourth-order valence-electron chi connectivity index (χ4n) is 2.69. The maximum Gasteiger partial charge on any atom is 0.253 e. The minimum Gasteiger partial charge on any atom is -0.389 e. The lowest BCUT2D eigenvalue weighted by molar-refractivity contribution is 0.0321. The lowest BCUT2D eigenvalue weighted by Gasteiger charge is -2.12. The monoisotopic (exact) mass is 316 g/mol. The first-order valence-corrected chi connectivity index (χ1v) is 8.18. The van der Waals surface area contributed by atoms with Crippen LogP contribution < -0.4 is 5.32 Å². The number of carbonyl (C=O) groups is 1. The SMILES string of the molecule is Cc1[nH]c2c(C(=O)NCC(O)COCC3CC3)cccc2c1C. The molecule has 1 amide bonds. The average Bonchev–Trinajstić information content (AvgIpc) is 3.31. The van der Waals surface area contributed by atoms with Gasteiger partial charge >= 0.3 is 0 Å². The maximum absolute atomic E-state index is 12.4. The number of carbonyl (C=O) groups excluding carboxylic acids is 1. The van der Waals surface area contributed by atoms with E-state index in [1.165, 1.54) is 12.8 Å². The first-order chi connectivity index (χ1) is 11.1. The quantitative estimate of drug-likeness (QED) is 0.734. The van der Waals surface area contributed by atoms with Gasteiger partial charge in [0, 0.05) is 24.2 Å². The minimum atomic E-state index is -0.677. The Morgan fingerprint density at radius 1 is 1.43 bits per heavy atom. The summed E-state index contributed by atoms with van der Waals surface area (Å²) in [5, 5.41) is 13.7. The van der Waals surface area contributed by atoms with E-state index in [2.05, 4.69) is 10.3 Å². The highest BCUT2D eigenvalue weighted by Gasteiger charge is 2.21. The Bertz CT molecular complexity index is 704. The normalized spacial score (nSPS) is 15.8. The highest BCUT2D eigenvalue weighted by molar-refractivity contribution is 6.06. The molecular formula is C18H24N2O3. The Morgan fingerprint density at radius 3 is 2.96 bits per heavy atom. The van der Waals surface area contributed by atoms with Gasteiger partial charge in [0.25, 0.3) is 5.91 Å². The summed E-state index contributed by atoms with van der Waals surface area (Å²) in [4.78, 5) is 15.7. The number of aromatic nitrogens is 1. The highest BCUT2D eigenvalue weighted by atomic mass is 16.5. The second-order valence-corrected chi connectivity index (χ2v) is 6.45. The molecule has 1 aliphatic rings. The summed E-state index contributed by atoms with van der Waals surface area (Å²) in [5.74, 6) is 0.492. The number of aliphatic hydroxyl groups is 1. The Labute approximate surface area is 136 Å². The van der Waals surface area contributed by atoms with Gasteiger partial charge < -0.3 is 20.1 Å². The molecule has 0 spiro atoms. The number of hydrogen-bond donors (Lipinski definition) is 3. The maximum atomic E-state index is 12.4. The molecule has 1 aromatic heterocycles. The molecule has 1 unspecified atom stereocenters. The van der Waals surface area contributed by atoms with E-state index < -0.39 is 6.10 Å². The molecule has 0 bridgehead atoms. The molecule has 124 valence electrons. The minimum absolute atomic E-state index is 0.182. The topological polar surface area (TPSA) is 74.4 Å². The largest absolute Gasteiger partial charge is 0.389 e. The third-order valence-electron chi connectivity index (χ3n) is 4.45. The molecule has 1 aliphatic carbocycles. The van der Waals surface area contributed by atoms with Crippen molar-refractivity contribution in [2.75, 3.05) is 19.8 Å². The molecule has 1 saturated carbocycles. The van der Waals surface area contributed by atoms with Gasteiger partial charge in [-0.15, -0.1) is 0 Å². The number of aryl methyl sites for hydroxylation is 2. The van der Waals surface area contributed by atoms with E-state index in [9.17, 15) is 9.90 Å². The first-order valence-electron chi connectivity index (χ1n) is 8.18. The summed E-state index contributed by atoms with van der Waals surface area (Å²) >= 11 is 0. The van der Waals surface area contributed by atoms with Gasteiger partial charge in [-0.3, -0.25) is 4.79 Å². The lowest BCUT2D eigenvalue weighted by Crippen LogP contribution is -2.34. The molecule has 0 radical (unpaired) electrons.